The highest BCUT2D eigenvalue weighted by atomic mass is 16.5. The van der Waals surface area contributed by atoms with Crippen molar-refractivity contribution < 1.29 is 14.6 Å². The molecule has 1 rings (SSSR count). The van der Waals surface area contributed by atoms with E-state index in [4.69, 9.17) is 9.84 Å². The number of likely N-dealkylation sites (tertiary alicyclic amines) is 1. The van der Waals surface area contributed by atoms with Gasteiger partial charge in [-0.25, -0.2) is 4.79 Å². The van der Waals surface area contributed by atoms with Crippen molar-refractivity contribution in [1.29, 1.82) is 0 Å². The van der Waals surface area contributed by atoms with Crippen LogP contribution in [0.15, 0.2) is 0 Å². The summed E-state index contributed by atoms with van der Waals surface area (Å²) in [6, 6.07) is 0.358. The maximum absolute atomic E-state index is 11.4. The molecule has 0 aromatic rings. The average molecular weight is 215 g/mol. The summed E-state index contributed by atoms with van der Waals surface area (Å²) in [6.45, 7) is 1.10. The Balaban J connectivity index is 2.24. The second kappa shape index (κ2) is 6.67. The van der Waals surface area contributed by atoms with Crippen LogP contribution in [0, 0.1) is 0 Å². The molecule has 1 amide bonds. The number of unbranched alkanes of at least 4 members (excludes halogenated alkanes) is 2. The molecule has 0 radical (unpaired) electrons. The van der Waals surface area contributed by atoms with Crippen LogP contribution in [0.2, 0.25) is 0 Å². The van der Waals surface area contributed by atoms with Crippen molar-refractivity contribution in [1.82, 2.24) is 4.90 Å². The lowest BCUT2D eigenvalue weighted by Crippen LogP contribution is -2.35. The Hall–Kier alpha value is -0.770. The first kappa shape index (κ1) is 12.3. The lowest BCUT2D eigenvalue weighted by Gasteiger charge is -2.22. The summed E-state index contributed by atoms with van der Waals surface area (Å²) in [5.41, 5.74) is 0. The van der Waals surface area contributed by atoms with E-state index in [9.17, 15) is 4.79 Å². The van der Waals surface area contributed by atoms with Gasteiger partial charge >= 0.3 is 6.09 Å². The molecule has 4 nitrogen and oxygen atoms in total. The molecule has 4 heteroatoms. The highest BCUT2D eigenvalue weighted by Gasteiger charge is 2.28. The topological polar surface area (TPSA) is 49.8 Å². The summed E-state index contributed by atoms with van der Waals surface area (Å²) in [4.78, 5) is 13.2. The van der Waals surface area contributed by atoms with E-state index in [-0.39, 0.29) is 12.7 Å². The molecule has 0 saturated carbocycles. The van der Waals surface area contributed by atoms with E-state index in [1.165, 1.54) is 7.11 Å². The predicted molar refractivity (Wildman–Crippen MR) is 57.7 cm³/mol. The fraction of sp³-hybridized carbons (Fsp3) is 0.909. The SMILES string of the molecule is COC(=O)N1CCCC1CCCCCO. The number of carbonyl (C=O) groups is 1. The maximum Gasteiger partial charge on any atom is 0.409 e. The minimum absolute atomic E-state index is 0.195. The van der Waals surface area contributed by atoms with Gasteiger partial charge in [-0.2, -0.15) is 0 Å². The molecule has 88 valence electrons. The van der Waals surface area contributed by atoms with Gasteiger partial charge in [0.2, 0.25) is 0 Å². The Labute approximate surface area is 91.2 Å². The van der Waals surface area contributed by atoms with Crippen LogP contribution >= 0.6 is 0 Å². The average Bonchev–Trinajstić information content (AvgIpc) is 2.71. The summed E-state index contributed by atoms with van der Waals surface area (Å²) < 4.78 is 4.74. The van der Waals surface area contributed by atoms with Crippen molar-refractivity contribution in [2.45, 2.75) is 44.6 Å². The standard InChI is InChI=1S/C11H21NO3/c1-15-11(14)12-8-5-7-10(12)6-3-2-4-9-13/h10,13H,2-9H2,1H3. The number of aliphatic hydroxyl groups is 1. The number of methoxy groups -OCH3 is 1. The summed E-state index contributed by atoms with van der Waals surface area (Å²) in [5, 5.41) is 8.65. The molecular weight excluding hydrogens is 194 g/mol. The molecular formula is C11H21NO3. The first-order valence-electron chi connectivity index (χ1n) is 5.75. The van der Waals surface area contributed by atoms with Crippen molar-refractivity contribution in [3.8, 4) is 0 Å². The van der Waals surface area contributed by atoms with E-state index >= 15 is 0 Å². The van der Waals surface area contributed by atoms with Crippen molar-refractivity contribution in [2.24, 2.45) is 0 Å². The summed E-state index contributed by atoms with van der Waals surface area (Å²) >= 11 is 0. The van der Waals surface area contributed by atoms with Gasteiger partial charge < -0.3 is 14.7 Å². The smallest absolute Gasteiger partial charge is 0.409 e. The molecule has 1 N–H and O–H groups in total. The molecule has 1 fully saturated rings. The first-order chi connectivity index (χ1) is 7.29. The highest BCUT2D eigenvalue weighted by Crippen LogP contribution is 2.22. The van der Waals surface area contributed by atoms with Gasteiger partial charge in [-0.15, -0.1) is 0 Å². The Morgan fingerprint density at radius 2 is 2.27 bits per heavy atom. The van der Waals surface area contributed by atoms with Gasteiger partial charge in [0, 0.05) is 19.2 Å². The van der Waals surface area contributed by atoms with Crippen LogP contribution in [0.5, 0.6) is 0 Å². The number of carbonyl (C=O) groups excluding carboxylic acids is 1. The maximum atomic E-state index is 11.4. The largest absolute Gasteiger partial charge is 0.453 e. The number of ether oxygens (including phenoxy) is 1. The van der Waals surface area contributed by atoms with Crippen LogP contribution in [0.1, 0.15) is 38.5 Å². The van der Waals surface area contributed by atoms with Crippen LogP contribution < -0.4 is 0 Å². The third-order valence-corrected chi connectivity index (χ3v) is 2.98. The third kappa shape index (κ3) is 3.70. The number of rotatable bonds is 5. The van der Waals surface area contributed by atoms with Crippen LogP contribution in [-0.2, 0) is 4.74 Å². The van der Waals surface area contributed by atoms with Crippen LogP contribution in [0.25, 0.3) is 0 Å². The second-order valence-corrected chi connectivity index (χ2v) is 4.03. The van der Waals surface area contributed by atoms with Gasteiger partial charge in [0.15, 0.2) is 0 Å². The Morgan fingerprint density at radius 1 is 1.47 bits per heavy atom. The molecule has 0 bridgehead atoms. The molecule has 1 unspecified atom stereocenters. The van der Waals surface area contributed by atoms with Crippen molar-refractivity contribution in [3.63, 3.8) is 0 Å². The quantitative estimate of drug-likeness (QED) is 0.711. The molecule has 0 spiro atoms. The Kier molecular flexibility index (Phi) is 5.47. The first-order valence-corrected chi connectivity index (χ1v) is 5.75. The van der Waals surface area contributed by atoms with Gasteiger partial charge in [0.05, 0.1) is 7.11 Å². The van der Waals surface area contributed by atoms with E-state index in [1.54, 1.807) is 0 Å². The molecule has 1 aliphatic heterocycles. The number of hydrogen-bond acceptors (Lipinski definition) is 3. The van der Waals surface area contributed by atoms with Crippen LogP contribution in [0.4, 0.5) is 4.79 Å². The van der Waals surface area contributed by atoms with E-state index in [1.807, 2.05) is 4.90 Å². The van der Waals surface area contributed by atoms with Gasteiger partial charge in [-0.1, -0.05) is 12.8 Å². The summed E-state index contributed by atoms with van der Waals surface area (Å²) in [6.07, 6.45) is 6.01. The fourth-order valence-corrected chi connectivity index (χ4v) is 2.16. The Morgan fingerprint density at radius 3 is 2.93 bits per heavy atom. The van der Waals surface area contributed by atoms with Crippen LogP contribution in [-0.4, -0.2) is 42.4 Å². The van der Waals surface area contributed by atoms with Gasteiger partial charge in [-0.05, 0) is 25.7 Å². The number of hydrogen-bond donors (Lipinski definition) is 1. The van der Waals surface area contributed by atoms with Crippen molar-refractivity contribution in [3.05, 3.63) is 0 Å². The van der Waals surface area contributed by atoms with E-state index in [0.29, 0.717) is 6.04 Å². The minimum Gasteiger partial charge on any atom is -0.453 e. The van der Waals surface area contributed by atoms with Crippen molar-refractivity contribution >= 4 is 6.09 Å². The van der Waals surface area contributed by atoms with Gasteiger partial charge in [-0.3, -0.25) is 0 Å². The molecule has 0 aromatic carbocycles. The fourth-order valence-electron chi connectivity index (χ4n) is 2.16. The number of amides is 1. The van der Waals surface area contributed by atoms with Crippen molar-refractivity contribution in [2.75, 3.05) is 20.3 Å². The zero-order valence-electron chi connectivity index (χ0n) is 9.45. The number of aliphatic hydroxyl groups excluding tert-OH is 1. The van der Waals surface area contributed by atoms with E-state index < -0.39 is 0 Å². The molecule has 1 heterocycles. The highest BCUT2D eigenvalue weighted by molar-refractivity contribution is 5.68. The lowest BCUT2D eigenvalue weighted by atomic mass is 10.1. The molecule has 1 atom stereocenters. The summed E-state index contributed by atoms with van der Waals surface area (Å²) in [5.74, 6) is 0. The third-order valence-electron chi connectivity index (χ3n) is 2.98. The normalized spacial score (nSPS) is 20.7. The minimum atomic E-state index is -0.195. The molecule has 0 aromatic heterocycles. The molecule has 15 heavy (non-hydrogen) atoms. The second-order valence-electron chi connectivity index (χ2n) is 4.03. The van der Waals surface area contributed by atoms with Crippen LogP contribution in [0.3, 0.4) is 0 Å². The zero-order chi connectivity index (χ0) is 11.1. The molecule has 1 aliphatic rings. The van der Waals surface area contributed by atoms with Gasteiger partial charge in [0.1, 0.15) is 0 Å². The summed E-state index contributed by atoms with van der Waals surface area (Å²) in [7, 11) is 1.43. The molecule has 1 saturated heterocycles. The van der Waals surface area contributed by atoms with E-state index in [2.05, 4.69) is 0 Å². The Bertz CT molecular complexity index is 196. The lowest BCUT2D eigenvalue weighted by molar-refractivity contribution is 0.116. The number of nitrogens with zero attached hydrogens (tertiary/aromatic N) is 1. The molecule has 0 aliphatic carbocycles. The zero-order valence-corrected chi connectivity index (χ0v) is 9.45. The monoisotopic (exact) mass is 215 g/mol. The predicted octanol–water partition coefficient (Wildman–Crippen LogP) is 1.77. The van der Waals surface area contributed by atoms with Gasteiger partial charge in [0.25, 0.3) is 0 Å². The van der Waals surface area contributed by atoms with E-state index in [0.717, 1.165) is 45.1 Å².